The van der Waals surface area contributed by atoms with Crippen LogP contribution in [0.2, 0.25) is 0 Å². The summed E-state index contributed by atoms with van der Waals surface area (Å²) in [5.74, 6) is -2.14. The van der Waals surface area contributed by atoms with Crippen LogP contribution in [0.3, 0.4) is 0 Å². The van der Waals surface area contributed by atoms with Crippen molar-refractivity contribution in [3.8, 4) is 0 Å². The van der Waals surface area contributed by atoms with Crippen LogP contribution in [0.5, 0.6) is 0 Å². The van der Waals surface area contributed by atoms with Crippen molar-refractivity contribution in [1.29, 1.82) is 0 Å². The highest BCUT2D eigenvalue weighted by atomic mass is 16.5. The summed E-state index contributed by atoms with van der Waals surface area (Å²) in [6, 6.07) is -0.747. The van der Waals surface area contributed by atoms with Crippen molar-refractivity contribution in [1.82, 2.24) is 10.3 Å². The number of amides is 2. The lowest BCUT2D eigenvalue weighted by molar-refractivity contribution is -0.140. The summed E-state index contributed by atoms with van der Waals surface area (Å²) < 4.78 is 4.84. The molecule has 2 atom stereocenters. The first-order chi connectivity index (χ1) is 9.11. The van der Waals surface area contributed by atoms with Crippen LogP contribution in [0, 0.1) is 5.92 Å². The number of hydrogen-bond acceptors (Lipinski definition) is 6. The van der Waals surface area contributed by atoms with E-state index in [1.807, 2.05) is 6.92 Å². The molecule has 1 N–H and O–H groups in total. The minimum atomic E-state index is -0.830. The molecule has 0 bridgehead atoms. The van der Waals surface area contributed by atoms with Gasteiger partial charge in [0.25, 0.3) is 5.91 Å². The molecule has 104 valence electrons. The molecule has 0 unspecified atom stereocenters. The fourth-order valence-corrected chi connectivity index (χ4v) is 2.26. The number of carbonyl (C=O) groups is 3. The molecule has 0 radical (unpaired) electrons. The number of nitrogens with one attached hydrogen (secondary N) is 1. The molecular weight excluding hydrogens is 250 g/mol. The van der Waals surface area contributed by atoms with Crippen LogP contribution in [0.4, 0.5) is 0 Å². The van der Waals surface area contributed by atoms with Gasteiger partial charge in [0.15, 0.2) is 5.71 Å². The summed E-state index contributed by atoms with van der Waals surface area (Å²) >= 11 is 0. The van der Waals surface area contributed by atoms with Gasteiger partial charge in [-0.3, -0.25) is 19.9 Å². The SMILES string of the molecule is CCCCN1C(=O)[C@H]2C(C(=O)OCC)=NN[C@H]2C1=O. The van der Waals surface area contributed by atoms with Gasteiger partial charge in [0.1, 0.15) is 12.0 Å². The highest BCUT2D eigenvalue weighted by Crippen LogP contribution is 2.26. The van der Waals surface area contributed by atoms with Crippen LogP contribution >= 0.6 is 0 Å². The Kier molecular flexibility index (Phi) is 3.82. The number of rotatable bonds is 5. The Morgan fingerprint density at radius 1 is 1.37 bits per heavy atom. The topological polar surface area (TPSA) is 88.1 Å². The van der Waals surface area contributed by atoms with Crippen LogP contribution in [-0.4, -0.2) is 47.6 Å². The third-order valence-corrected chi connectivity index (χ3v) is 3.24. The number of hydrogen-bond donors (Lipinski definition) is 1. The van der Waals surface area contributed by atoms with Gasteiger partial charge in [0.05, 0.1) is 6.61 Å². The molecule has 2 aliphatic rings. The van der Waals surface area contributed by atoms with Crippen molar-refractivity contribution < 1.29 is 19.1 Å². The second kappa shape index (κ2) is 5.38. The lowest BCUT2D eigenvalue weighted by Gasteiger charge is -2.14. The number of ether oxygens (including phenoxy) is 1. The summed E-state index contributed by atoms with van der Waals surface area (Å²) in [4.78, 5) is 37.1. The molecule has 1 saturated heterocycles. The standard InChI is InChI=1S/C12H17N3O4/c1-3-5-6-15-10(16)7-8(11(15)17)13-14-9(7)12(18)19-4-2/h7-8,13H,3-6H2,1-2H3/t7-,8-/m1/s1. The Labute approximate surface area is 111 Å². The third kappa shape index (κ3) is 2.20. The lowest BCUT2D eigenvalue weighted by atomic mass is 9.99. The first kappa shape index (κ1) is 13.5. The second-order valence-corrected chi connectivity index (χ2v) is 4.48. The molecule has 19 heavy (non-hydrogen) atoms. The zero-order valence-electron chi connectivity index (χ0n) is 11.0. The Morgan fingerprint density at radius 2 is 2.11 bits per heavy atom. The number of likely N-dealkylation sites (tertiary alicyclic amines) is 1. The van der Waals surface area contributed by atoms with Crippen LogP contribution in [0.1, 0.15) is 26.7 Å². The summed E-state index contributed by atoms with van der Waals surface area (Å²) in [5, 5.41) is 3.78. The van der Waals surface area contributed by atoms with E-state index in [1.165, 1.54) is 4.90 Å². The average Bonchev–Trinajstić information content (AvgIpc) is 2.91. The number of esters is 1. The Bertz CT molecular complexity index is 446. The number of nitrogens with zero attached hydrogens (tertiary/aromatic N) is 2. The molecule has 2 aliphatic heterocycles. The van der Waals surface area contributed by atoms with E-state index in [0.717, 1.165) is 12.8 Å². The van der Waals surface area contributed by atoms with E-state index < -0.39 is 17.9 Å². The quantitative estimate of drug-likeness (QED) is 0.544. The molecule has 2 heterocycles. The molecule has 2 rings (SSSR count). The smallest absolute Gasteiger partial charge is 0.355 e. The van der Waals surface area contributed by atoms with Crippen LogP contribution in [0.25, 0.3) is 0 Å². The molecule has 0 saturated carbocycles. The first-order valence-electron chi connectivity index (χ1n) is 6.47. The molecule has 2 amide bonds. The molecule has 0 aromatic rings. The number of imide groups is 1. The van der Waals surface area contributed by atoms with Gasteiger partial charge in [0.2, 0.25) is 5.91 Å². The lowest BCUT2D eigenvalue weighted by Crippen LogP contribution is -2.36. The number of unbranched alkanes of at least 4 members (excludes halogenated alkanes) is 1. The molecule has 0 spiro atoms. The summed E-state index contributed by atoms with van der Waals surface area (Å²) in [5.41, 5.74) is 2.57. The monoisotopic (exact) mass is 267 g/mol. The van der Waals surface area contributed by atoms with E-state index >= 15 is 0 Å². The fourth-order valence-electron chi connectivity index (χ4n) is 2.26. The molecule has 7 nitrogen and oxygen atoms in total. The second-order valence-electron chi connectivity index (χ2n) is 4.48. The van der Waals surface area contributed by atoms with Crippen LogP contribution in [-0.2, 0) is 19.1 Å². The number of hydrazone groups is 1. The Balaban J connectivity index is 2.14. The van der Waals surface area contributed by atoms with Crippen molar-refractivity contribution in [3.05, 3.63) is 0 Å². The van der Waals surface area contributed by atoms with Crippen LogP contribution in [0.15, 0.2) is 5.10 Å². The van der Waals surface area contributed by atoms with Crippen molar-refractivity contribution in [2.45, 2.75) is 32.7 Å². The molecule has 0 aromatic carbocycles. The van der Waals surface area contributed by atoms with E-state index in [2.05, 4.69) is 10.5 Å². The van der Waals surface area contributed by atoms with E-state index in [9.17, 15) is 14.4 Å². The summed E-state index contributed by atoms with van der Waals surface area (Å²) in [7, 11) is 0. The van der Waals surface area contributed by atoms with Gasteiger partial charge in [-0.1, -0.05) is 13.3 Å². The van der Waals surface area contributed by atoms with Crippen molar-refractivity contribution in [2.24, 2.45) is 11.0 Å². The first-order valence-corrected chi connectivity index (χ1v) is 6.47. The normalized spacial score (nSPS) is 25.2. The van der Waals surface area contributed by atoms with E-state index in [4.69, 9.17) is 4.74 Å². The van der Waals surface area contributed by atoms with Gasteiger partial charge in [-0.2, -0.15) is 5.10 Å². The van der Waals surface area contributed by atoms with Crippen molar-refractivity contribution in [3.63, 3.8) is 0 Å². The van der Waals surface area contributed by atoms with Gasteiger partial charge in [-0.15, -0.1) is 0 Å². The predicted molar refractivity (Wildman–Crippen MR) is 66.1 cm³/mol. The van der Waals surface area contributed by atoms with Crippen LogP contribution < -0.4 is 5.43 Å². The number of carbonyl (C=O) groups excluding carboxylic acids is 3. The number of fused-ring (bicyclic) bond motifs is 1. The minimum absolute atomic E-state index is 0.00389. The summed E-state index contributed by atoms with van der Waals surface area (Å²) in [6.07, 6.45) is 1.64. The maximum Gasteiger partial charge on any atom is 0.355 e. The van der Waals surface area contributed by atoms with E-state index in [1.54, 1.807) is 6.92 Å². The minimum Gasteiger partial charge on any atom is -0.461 e. The van der Waals surface area contributed by atoms with Gasteiger partial charge >= 0.3 is 5.97 Å². The maximum atomic E-state index is 12.2. The van der Waals surface area contributed by atoms with E-state index in [0.29, 0.717) is 6.54 Å². The molecular formula is C12H17N3O4. The van der Waals surface area contributed by atoms with E-state index in [-0.39, 0.29) is 24.1 Å². The average molecular weight is 267 g/mol. The highest BCUT2D eigenvalue weighted by Gasteiger charge is 2.54. The predicted octanol–water partition coefficient (Wildman–Crippen LogP) is -0.338. The van der Waals surface area contributed by atoms with Gasteiger partial charge in [-0.05, 0) is 13.3 Å². The molecule has 7 heteroatoms. The summed E-state index contributed by atoms with van der Waals surface area (Å²) in [6.45, 7) is 4.25. The Morgan fingerprint density at radius 3 is 2.74 bits per heavy atom. The van der Waals surface area contributed by atoms with Crippen molar-refractivity contribution in [2.75, 3.05) is 13.2 Å². The highest BCUT2D eigenvalue weighted by molar-refractivity contribution is 6.43. The maximum absolute atomic E-state index is 12.2. The Hall–Kier alpha value is -1.92. The fraction of sp³-hybridized carbons (Fsp3) is 0.667. The van der Waals surface area contributed by atoms with Gasteiger partial charge in [0, 0.05) is 6.54 Å². The third-order valence-electron chi connectivity index (χ3n) is 3.24. The largest absolute Gasteiger partial charge is 0.461 e. The van der Waals surface area contributed by atoms with Gasteiger partial charge < -0.3 is 4.74 Å². The van der Waals surface area contributed by atoms with Crippen molar-refractivity contribution >= 4 is 23.5 Å². The zero-order valence-corrected chi connectivity index (χ0v) is 11.0. The molecule has 0 aliphatic carbocycles. The van der Waals surface area contributed by atoms with Gasteiger partial charge in [-0.25, -0.2) is 4.79 Å². The zero-order chi connectivity index (χ0) is 14.0. The molecule has 1 fully saturated rings. The molecule has 0 aromatic heterocycles.